The lowest BCUT2D eigenvalue weighted by atomic mass is 9.81. The third kappa shape index (κ3) is 4.19. The topological polar surface area (TPSA) is 62.2 Å². The molecule has 1 fully saturated rings. The Morgan fingerprint density at radius 2 is 2.00 bits per heavy atom. The number of aryl methyl sites for hydroxylation is 2. The van der Waals surface area contributed by atoms with Crippen molar-refractivity contribution in [2.45, 2.75) is 52.9 Å². The molecule has 0 radical (unpaired) electrons. The zero-order valence-corrected chi connectivity index (χ0v) is 13.3. The molecule has 0 spiro atoms. The summed E-state index contributed by atoms with van der Waals surface area (Å²) in [7, 11) is 0. The minimum atomic E-state index is -0.908. The number of nitrogens with one attached hydrogen (secondary N) is 1. The highest BCUT2D eigenvalue weighted by atomic mass is 16.4. The third-order valence-corrected chi connectivity index (χ3v) is 4.54. The summed E-state index contributed by atoms with van der Waals surface area (Å²) in [4.78, 5) is 15.7. The SMILES string of the molecule is Cc1cc(C)c(C(=O)O)c(NCCC2CCC(C)CC2)n1. The first-order valence-corrected chi connectivity index (χ1v) is 7.92. The predicted octanol–water partition coefficient (Wildman–Crippen LogP) is 4.02. The van der Waals surface area contributed by atoms with Crippen LogP contribution in [0.2, 0.25) is 0 Å². The molecular formula is C17H26N2O2. The molecular weight excluding hydrogens is 264 g/mol. The Labute approximate surface area is 127 Å². The summed E-state index contributed by atoms with van der Waals surface area (Å²) in [5.74, 6) is 1.25. The molecule has 2 N–H and O–H groups in total. The lowest BCUT2D eigenvalue weighted by molar-refractivity contribution is 0.0697. The third-order valence-electron chi connectivity index (χ3n) is 4.54. The molecule has 1 aliphatic rings. The van der Waals surface area contributed by atoms with Crippen LogP contribution in [0, 0.1) is 25.7 Å². The molecule has 21 heavy (non-hydrogen) atoms. The number of carboxylic acid groups (broad SMARTS) is 1. The van der Waals surface area contributed by atoms with E-state index in [1.165, 1.54) is 25.7 Å². The molecule has 0 saturated heterocycles. The molecule has 1 saturated carbocycles. The van der Waals surface area contributed by atoms with Gasteiger partial charge in [-0.05, 0) is 43.7 Å². The average Bonchev–Trinajstić information content (AvgIpc) is 2.39. The second-order valence-electron chi connectivity index (χ2n) is 6.45. The molecule has 2 rings (SSSR count). The second-order valence-corrected chi connectivity index (χ2v) is 6.45. The number of carboxylic acids is 1. The van der Waals surface area contributed by atoms with Gasteiger partial charge in [-0.3, -0.25) is 0 Å². The Kier molecular flexibility index (Phi) is 5.21. The van der Waals surface area contributed by atoms with E-state index < -0.39 is 5.97 Å². The molecule has 1 aromatic rings. The average molecular weight is 290 g/mol. The normalized spacial score (nSPS) is 22.0. The van der Waals surface area contributed by atoms with E-state index in [2.05, 4.69) is 17.2 Å². The van der Waals surface area contributed by atoms with E-state index in [1.807, 2.05) is 19.9 Å². The summed E-state index contributed by atoms with van der Waals surface area (Å²) in [6.45, 7) is 6.85. The summed E-state index contributed by atoms with van der Waals surface area (Å²) in [5.41, 5.74) is 1.92. The van der Waals surface area contributed by atoms with Crippen molar-refractivity contribution in [2.24, 2.45) is 11.8 Å². The van der Waals surface area contributed by atoms with Crippen LogP contribution in [-0.2, 0) is 0 Å². The van der Waals surface area contributed by atoms with Crippen LogP contribution in [0.5, 0.6) is 0 Å². The van der Waals surface area contributed by atoms with Gasteiger partial charge in [-0.15, -0.1) is 0 Å². The van der Waals surface area contributed by atoms with E-state index in [0.717, 1.165) is 36.1 Å². The monoisotopic (exact) mass is 290 g/mol. The van der Waals surface area contributed by atoms with Gasteiger partial charge >= 0.3 is 5.97 Å². The number of pyridine rings is 1. The summed E-state index contributed by atoms with van der Waals surface area (Å²) in [6.07, 6.45) is 6.35. The number of aromatic nitrogens is 1. The van der Waals surface area contributed by atoms with Gasteiger partial charge in [0.05, 0.1) is 0 Å². The van der Waals surface area contributed by atoms with Crippen LogP contribution in [0.3, 0.4) is 0 Å². The molecule has 1 aromatic heterocycles. The van der Waals surface area contributed by atoms with Crippen molar-refractivity contribution in [2.75, 3.05) is 11.9 Å². The predicted molar refractivity (Wildman–Crippen MR) is 84.9 cm³/mol. The van der Waals surface area contributed by atoms with Crippen molar-refractivity contribution < 1.29 is 9.90 Å². The van der Waals surface area contributed by atoms with Gasteiger partial charge in [0.2, 0.25) is 0 Å². The van der Waals surface area contributed by atoms with E-state index in [9.17, 15) is 9.90 Å². The van der Waals surface area contributed by atoms with Crippen LogP contribution in [-0.4, -0.2) is 22.6 Å². The zero-order chi connectivity index (χ0) is 15.4. The Bertz CT molecular complexity index is 506. The first kappa shape index (κ1) is 15.8. The molecule has 4 heteroatoms. The Hall–Kier alpha value is -1.58. The number of aromatic carboxylic acids is 1. The maximum atomic E-state index is 11.4. The van der Waals surface area contributed by atoms with Crippen LogP contribution in [0.1, 0.15) is 60.6 Å². The number of nitrogens with zero attached hydrogens (tertiary/aromatic N) is 1. The quantitative estimate of drug-likeness (QED) is 0.859. The van der Waals surface area contributed by atoms with Gasteiger partial charge in [0.1, 0.15) is 11.4 Å². The highest BCUT2D eigenvalue weighted by Gasteiger charge is 2.19. The van der Waals surface area contributed by atoms with Crippen molar-refractivity contribution in [3.05, 3.63) is 22.9 Å². The van der Waals surface area contributed by atoms with Crippen molar-refractivity contribution in [3.8, 4) is 0 Å². The molecule has 0 atom stereocenters. The second kappa shape index (κ2) is 6.92. The van der Waals surface area contributed by atoms with Crippen LogP contribution in [0.25, 0.3) is 0 Å². The molecule has 0 amide bonds. The molecule has 0 unspecified atom stereocenters. The maximum absolute atomic E-state index is 11.4. The Morgan fingerprint density at radius 1 is 1.33 bits per heavy atom. The van der Waals surface area contributed by atoms with Crippen molar-refractivity contribution in [1.29, 1.82) is 0 Å². The summed E-state index contributed by atoms with van der Waals surface area (Å²) >= 11 is 0. The van der Waals surface area contributed by atoms with Gasteiger partial charge in [0.15, 0.2) is 0 Å². The van der Waals surface area contributed by atoms with Crippen LogP contribution in [0.4, 0.5) is 5.82 Å². The first-order chi connectivity index (χ1) is 9.97. The molecule has 116 valence electrons. The van der Waals surface area contributed by atoms with Gasteiger partial charge in [-0.1, -0.05) is 32.6 Å². The van der Waals surface area contributed by atoms with Gasteiger partial charge in [0.25, 0.3) is 0 Å². The molecule has 0 aromatic carbocycles. The van der Waals surface area contributed by atoms with Gasteiger partial charge in [-0.2, -0.15) is 0 Å². The lowest BCUT2D eigenvalue weighted by Gasteiger charge is -2.26. The van der Waals surface area contributed by atoms with E-state index in [0.29, 0.717) is 11.4 Å². The minimum Gasteiger partial charge on any atom is -0.478 e. The number of hydrogen-bond donors (Lipinski definition) is 2. The number of rotatable bonds is 5. The van der Waals surface area contributed by atoms with Crippen LogP contribution < -0.4 is 5.32 Å². The van der Waals surface area contributed by atoms with Gasteiger partial charge in [-0.25, -0.2) is 9.78 Å². The zero-order valence-electron chi connectivity index (χ0n) is 13.3. The molecule has 1 aliphatic carbocycles. The van der Waals surface area contributed by atoms with Crippen molar-refractivity contribution in [3.63, 3.8) is 0 Å². The fraction of sp³-hybridized carbons (Fsp3) is 0.647. The summed E-state index contributed by atoms with van der Waals surface area (Å²) in [6, 6.07) is 1.82. The number of carbonyl (C=O) groups is 1. The van der Waals surface area contributed by atoms with E-state index in [-0.39, 0.29) is 0 Å². The maximum Gasteiger partial charge on any atom is 0.339 e. The summed E-state index contributed by atoms with van der Waals surface area (Å²) in [5, 5.41) is 12.6. The lowest BCUT2D eigenvalue weighted by Crippen LogP contribution is -2.17. The highest BCUT2D eigenvalue weighted by molar-refractivity contribution is 5.94. The van der Waals surface area contributed by atoms with Crippen LogP contribution in [0.15, 0.2) is 6.07 Å². The van der Waals surface area contributed by atoms with Crippen molar-refractivity contribution >= 4 is 11.8 Å². The van der Waals surface area contributed by atoms with E-state index in [4.69, 9.17) is 0 Å². The van der Waals surface area contributed by atoms with Crippen molar-refractivity contribution in [1.82, 2.24) is 4.98 Å². The Balaban J connectivity index is 1.95. The van der Waals surface area contributed by atoms with Gasteiger partial charge in [0, 0.05) is 12.2 Å². The first-order valence-electron chi connectivity index (χ1n) is 7.92. The number of hydrogen-bond acceptors (Lipinski definition) is 3. The smallest absolute Gasteiger partial charge is 0.339 e. The molecule has 1 heterocycles. The minimum absolute atomic E-state index is 0.304. The number of anilines is 1. The summed E-state index contributed by atoms with van der Waals surface area (Å²) < 4.78 is 0. The standard InChI is InChI=1S/C17H26N2O2/c1-11-4-6-14(7-5-11)8-9-18-16-15(17(20)21)12(2)10-13(3)19-16/h10-11,14H,4-9H2,1-3H3,(H,18,19)(H,20,21). The fourth-order valence-electron chi connectivity index (χ4n) is 3.25. The molecule has 0 aliphatic heterocycles. The van der Waals surface area contributed by atoms with E-state index in [1.54, 1.807) is 0 Å². The largest absolute Gasteiger partial charge is 0.478 e. The molecule has 4 nitrogen and oxygen atoms in total. The highest BCUT2D eigenvalue weighted by Crippen LogP contribution is 2.30. The van der Waals surface area contributed by atoms with Crippen LogP contribution >= 0.6 is 0 Å². The molecule has 0 bridgehead atoms. The van der Waals surface area contributed by atoms with Gasteiger partial charge < -0.3 is 10.4 Å². The Morgan fingerprint density at radius 3 is 2.62 bits per heavy atom. The fourth-order valence-corrected chi connectivity index (χ4v) is 3.25. The van der Waals surface area contributed by atoms with E-state index >= 15 is 0 Å².